The first-order valence-corrected chi connectivity index (χ1v) is 9.86. The zero-order valence-corrected chi connectivity index (χ0v) is 15.6. The average Bonchev–Trinajstić information content (AvgIpc) is 2.91. The van der Waals surface area contributed by atoms with Crippen molar-refractivity contribution in [1.82, 2.24) is 5.32 Å². The molecule has 1 aromatic rings. The molecule has 0 aliphatic heterocycles. The lowest BCUT2D eigenvalue weighted by molar-refractivity contribution is 0.00852. The highest BCUT2D eigenvalue weighted by Crippen LogP contribution is 2.31. The van der Waals surface area contributed by atoms with Gasteiger partial charge in [0.15, 0.2) is 0 Å². The lowest BCUT2D eigenvalue weighted by atomic mass is 9.81. The zero-order chi connectivity index (χ0) is 15.1. The predicted octanol–water partition coefficient (Wildman–Crippen LogP) is 5.02. The Hall–Kier alpha value is 0.1000. The van der Waals surface area contributed by atoms with Gasteiger partial charge in [0.2, 0.25) is 0 Å². The van der Waals surface area contributed by atoms with Crippen molar-refractivity contribution in [1.29, 1.82) is 0 Å². The Morgan fingerprint density at radius 1 is 1.33 bits per heavy atom. The summed E-state index contributed by atoms with van der Waals surface area (Å²) in [6.07, 6.45) is 9.39. The molecule has 0 saturated heterocycles. The second-order valence-corrected chi connectivity index (χ2v) is 8.62. The van der Waals surface area contributed by atoms with Gasteiger partial charge in [0.05, 0.1) is 9.89 Å². The summed E-state index contributed by atoms with van der Waals surface area (Å²) in [5, 5.41) is 3.74. The third-order valence-corrected chi connectivity index (χ3v) is 6.14. The maximum atomic E-state index is 5.96. The van der Waals surface area contributed by atoms with E-state index in [2.05, 4.69) is 40.3 Å². The summed E-state index contributed by atoms with van der Waals surface area (Å²) < 4.78 is 7.18. The summed E-state index contributed by atoms with van der Waals surface area (Å²) in [5.74, 6) is 0.724. The van der Waals surface area contributed by atoms with Crippen LogP contribution in [0.15, 0.2) is 15.9 Å². The largest absolute Gasteiger partial charge is 0.380 e. The maximum absolute atomic E-state index is 5.96. The standard InChI is InChI=1S/C17H28BrNOS/c1-3-11-19-15(12-14-9-10-16(18)21-14)17(20-2)13-7-5-4-6-8-13/h9-10,13,15,17,19H,3-8,11-12H2,1-2H3. The van der Waals surface area contributed by atoms with Gasteiger partial charge in [-0.1, -0.05) is 26.2 Å². The minimum atomic E-state index is 0.345. The Morgan fingerprint density at radius 2 is 2.10 bits per heavy atom. The summed E-state index contributed by atoms with van der Waals surface area (Å²) in [7, 11) is 1.89. The van der Waals surface area contributed by atoms with E-state index in [1.807, 2.05) is 18.4 Å². The Kier molecular flexibility index (Phi) is 7.72. The van der Waals surface area contributed by atoms with Crippen LogP contribution in [0.5, 0.6) is 0 Å². The molecule has 2 nitrogen and oxygen atoms in total. The Balaban J connectivity index is 2.04. The first kappa shape index (κ1) is 17.5. The molecule has 1 heterocycles. The van der Waals surface area contributed by atoms with Crippen LogP contribution in [0.1, 0.15) is 50.3 Å². The summed E-state index contributed by atoms with van der Waals surface area (Å²) in [6, 6.07) is 4.83. The fourth-order valence-electron chi connectivity index (χ4n) is 3.46. The van der Waals surface area contributed by atoms with E-state index in [0.717, 1.165) is 18.9 Å². The van der Waals surface area contributed by atoms with Crippen LogP contribution in [0.4, 0.5) is 0 Å². The van der Waals surface area contributed by atoms with Crippen LogP contribution in [0.25, 0.3) is 0 Å². The van der Waals surface area contributed by atoms with Crippen LogP contribution in [0.3, 0.4) is 0 Å². The van der Waals surface area contributed by atoms with E-state index in [0.29, 0.717) is 12.1 Å². The summed E-state index contributed by atoms with van der Waals surface area (Å²) >= 11 is 5.42. The highest BCUT2D eigenvalue weighted by Gasteiger charge is 2.30. The van der Waals surface area contributed by atoms with Crippen molar-refractivity contribution in [2.75, 3.05) is 13.7 Å². The van der Waals surface area contributed by atoms with Gasteiger partial charge in [0, 0.05) is 18.0 Å². The quantitative estimate of drug-likeness (QED) is 0.690. The second kappa shape index (κ2) is 9.29. The fraction of sp³-hybridized carbons (Fsp3) is 0.765. The molecule has 2 unspecified atom stereocenters. The fourth-order valence-corrected chi connectivity index (χ4v) is 5.00. The van der Waals surface area contributed by atoms with Gasteiger partial charge < -0.3 is 10.1 Å². The molecule has 4 heteroatoms. The number of hydrogen-bond donors (Lipinski definition) is 1. The van der Waals surface area contributed by atoms with Gasteiger partial charge in [-0.05, 0) is 66.2 Å². The molecule has 1 saturated carbocycles. The third kappa shape index (κ3) is 5.34. The monoisotopic (exact) mass is 373 g/mol. The maximum Gasteiger partial charge on any atom is 0.0755 e. The van der Waals surface area contributed by atoms with Crippen molar-refractivity contribution >= 4 is 27.3 Å². The third-order valence-electron chi connectivity index (χ3n) is 4.49. The zero-order valence-electron chi connectivity index (χ0n) is 13.2. The highest BCUT2D eigenvalue weighted by molar-refractivity contribution is 9.11. The van der Waals surface area contributed by atoms with Crippen LogP contribution < -0.4 is 5.32 Å². The molecule has 1 fully saturated rings. The Bertz CT molecular complexity index is 403. The van der Waals surface area contributed by atoms with Crippen LogP contribution in [0, 0.1) is 5.92 Å². The van der Waals surface area contributed by atoms with Gasteiger partial charge >= 0.3 is 0 Å². The Morgan fingerprint density at radius 3 is 2.67 bits per heavy atom. The molecule has 1 aromatic heterocycles. The molecule has 2 atom stereocenters. The van der Waals surface area contributed by atoms with E-state index < -0.39 is 0 Å². The number of ether oxygens (including phenoxy) is 1. The SMILES string of the molecule is CCCNC(Cc1ccc(Br)s1)C(OC)C1CCCCC1. The van der Waals surface area contributed by atoms with Crippen LogP contribution >= 0.6 is 27.3 Å². The molecule has 1 aliphatic rings. The van der Waals surface area contributed by atoms with E-state index in [-0.39, 0.29) is 0 Å². The first-order valence-electron chi connectivity index (χ1n) is 8.25. The lowest BCUT2D eigenvalue weighted by Crippen LogP contribution is -2.47. The molecule has 0 aromatic carbocycles. The average molecular weight is 374 g/mol. The van der Waals surface area contributed by atoms with Gasteiger partial charge in [-0.2, -0.15) is 0 Å². The van der Waals surface area contributed by atoms with Crippen molar-refractivity contribution in [2.45, 2.75) is 64.0 Å². The second-order valence-electron chi connectivity index (χ2n) is 6.07. The van der Waals surface area contributed by atoms with Gasteiger partial charge in [-0.3, -0.25) is 0 Å². The number of nitrogens with one attached hydrogen (secondary N) is 1. The van der Waals surface area contributed by atoms with Crippen molar-refractivity contribution in [2.24, 2.45) is 5.92 Å². The molecule has 0 amide bonds. The van der Waals surface area contributed by atoms with Crippen molar-refractivity contribution in [3.63, 3.8) is 0 Å². The van der Waals surface area contributed by atoms with Crippen molar-refractivity contribution in [3.8, 4) is 0 Å². The van der Waals surface area contributed by atoms with E-state index >= 15 is 0 Å². The highest BCUT2D eigenvalue weighted by atomic mass is 79.9. The Labute approximate surface area is 141 Å². The molecule has 0 radical (unpaired) electrons. The van der Waals surface area contributed by atoms with Gasteiger partial charge in [0.1, 0.15) is 0 Å². The van der Waals surface area contributed by atoms with E-state index in [4.69, 9.17) is 4.74 Å². The number of thiophene rings is 1. The van der Waals surface area contributed by atoms with Crippen molar-refractivity contribution in [3.05, 3.63) is 20.8 Å². The number of methoxy groups -OCH3 is 1. The van der Waals surface area contributed by atoms with E-state index in [9.17, 15) is 0 Å². The van der Waals surface area contributed by atoms with Gasteiger partial charge in [-0.25, -0.2) is 0 Å². The summed E-state index contributed by atoms with van der Waals surface area (Å²) in [6.45, 7) is 3.30. The van der Waals surface area contributed by atoms with E-state index in [1.165, 1.54) is 47.2 Å². The van der Waals surface area contributed by atoms with Gasteiger partial charge in [-0.15, -0.1) is 11.3 Å². The predicted molar refractivity (Wildman–Crippen MR) is 95.2 cm³/mol. The molecule has 1 aliphatic carbocycles. The molecular weight excluding hydrogens is 346 g/mol. The van der Waals surface area contributed by atoms with Crippen LogP contribution in [-0.2, 0) is 11.2 Å². The molecule has 1 N–H and O–H groups in total. The minimum absolute atomic E-state index is 0.345. The van der Waals surface area contributed by atoms with E-state index in [1.54, 1.807) is 0 Å². The summed E-state index contributed by atoms with van der Waals surface area (Å²) in [4.78, 5) is 1.44. The number of hydrogen-bond acceptors (Lipinski definition) is 3. The lowest BCUT2D eigenvalue weighted by Gasteiger charge is -2.35. The molecule has 120 valence electrons. The normalized spacial score (nSPS) is 19.6. The molecule has 0 spiro atoms. The number of rotatable bonds is 8. The molecule has 0 bridgehead atoms. The smallest absolute Gasteiger partial charge is 0.0755 e. The molecule has 2 rings (SSSR count). The minimum Gasteiger partial charge on any atom is -0.380 e. The summed E-state index contributed by atoms with van der Waals surface area (Å²) in [5.41, 5.74) is 0. The van der Waals surface area contributed by atoms with Crippen LogP contribution in [-0.4, -0.2) is 25.8 Å². The first-order chi connectivity index (χ1) is 10.2. The van der Waals surface area contributed by atoms with Gasteiger partial charge in [0.25, 0.3) is 0 Å². The van der Waals surface area contributed by atoms with Crippen LogP contribution in [0.2, 0.25) is 0 Å². The number of halogens is 1. The topological polar surface area (TPSA) is 21.3 Å². The molecular formula is C17H28BrNOS. The van der Waals surface area contributed by atoms with Crippen molar-refractivity contribution < 1.29 is 4.74 Å². The molecule has 21 heavy (non-hydrogen) atoms.